The lowest BCUT2D eigenvalue weighted by atomic mass is 10.2. The molecule has 5 nitrogen and oxygen atoms in total. The summed E-state index contributed by atoms with van der Waals surface area (Å²) in [5, 5.41) is 7.40. The van der Waals surface area contributed by atoms with Crippen molar-refractivity contribution in [2.45, 2.75) is 13.5 Å². The highest BCUT2D eigenvalue weighted by molar-refractivity contribution is 6.33. The number of benzene rings is 1. The van der Waals surface area contributed by atoms with E-state index in [0.717, 1.165) is 23.0 Å². The topological polar surface area (TPSA) is 59.8 Å². The lowest BCUT2D eigenvalue weighted by molar-refractivity contribution is 0.0952. The van der Waals surface area contributed by atoms with Gasteiger partial charge in [0.05, 0.1) is 22.8 Å². The zero-order valence-electron chi connectivity index (χ0n) is 13.5. The number of nitrogens with zero attached hydrogens (tertiary/aromatic N) is 3. The van der Waals surface area contributed by atoms with E-state index in [-0.39, 0.29) is 16.5 Å². The molecule has 2 aromatic heterocycles. The number of hydrogen-bond acceptors (Lipinski definition) is 3. The summed E-state index contributed by atoms with van der Waals surface area (Å²) in [5.41, 5.74) is 3.07. The van der Waals surface area contributed by atoms with Crippen LogP contribution in [-0.2, 0) is 6.54 Å². The molecule has 0 spiro atoms. The summed E-state index contributed by atoms with van der Waals surface area (Å²) in [6.07, 6.45) is 3.44. The average molecular weight is 359 g/mol. The Balaban J connectivity index is 1.62. The predicted molar refractivity (Wildman–Crippen MR) is 93.9 cm³/mol. The van der Waals surface area contributed by atoms with Crippen molar-refractivity contribution in [3.05, 3.63) is 70.9 Å². The number of aromatic nitrogens is 3. The van der Waals surface area contributed by atoms with Gasteiger partial charge in [0, 0.05) is 30.2 Å². The van der Waals surface area contributed by atoms with Crippen molar-refractivity contribution in [2.75, 3.05) is 6.54 Å². The second-order valence-electron chi connectivity index (χ2n) is 5.51. The third-order valence-corrected chi connectivity index (χ3v) is 4.05. The molecule has 3 rings (SSSR count). The summed E-state index contributed by atoms with van der Waals surface area (Å²) in [4.78, 5) is 16.1. The van der Waals surface area contributed by atoms with Gasteiger partial charge in [0.25, 0.3) is 5.91 Å². The van der Waals surface area contributed by atoms with E-state index in [9.17, 15) is 9.18 Å². The van der Waals surface area contributed by atoms with Crippen molar-refractivity contribution < 1.29 is 9.18 Å². The van der Waals surface area contributed by atoms with Crippen LogP contribution in [0.2, 0.25) is 5.02 Å². The average Bonchev–Trinajstić information content (AvgIpc) is 2.96. The summed E-state index contributed by atoms with van der Waals surface area (Å²) < 4.78 is 14.9. The zero-order valence-corrected chi connectivity index (χ0v) is 14.3. The molecule has 0 atom stereocenters. The third kappa shape index (κ3) is 4.03. The summed E-state index contributed by atoms with van der Waals surface area (Å²) in [6, 6.07) is 9.46. The van der Waals surface area contributed by atoms with E-state index in [2.05, 4.69) is 15.4 Å². The van der Waals surface area contributed by atoms with Crippen LogP contribution < -0.4 is 5.32 Å². The molecule has 0 aliphatic heterocycles. The minimum Gasteiger partial charge on any atom is -0.350 e. The second kappa shape index (κ2) is 7.44. The van der Waals surface area contributed by atoms with Gasteiger partial charge < -0.3 is 5.32 Å². The van der Waals surface area contributed by atoms with Crippen molar-refractivity contribution in [2.24, 2.45) is 0 Å². The van der Waals surface area contributed by atoms with Crippen LogP contribution in [-0.4, -0.2) is 27.2 Å². The molecule has 1 aromatic carbocycles. The van der Waals surface area contributed by atoms with Crippen LogP contribution in [0, 0.1) is 12.7 Å². The number of carbonyl (C=O) groups is 1. The highest BCUT2D eigenvalue weighted by atomic mass is 35.5. The number of pyridine rings is 1. The first-order chi connectivity index (χ1) is 12.0. The molecule has 2 heterocycles. The molecule has 0 aliphatic rings. The van der Waals surface area contributed by atoms with Crippen molar-refractivity contribution >= 4 is 17.5 Å². The molecule has 7 heteroatoms. The van der Waals surface area contributed by atoms with Gasteiger partial charge in [-0.1, -0.05) is 11.6 Å². The summed E-state index contributed by atoms with van der Waals surface area (Å²) >= 11 is 5.89. The van der Waals surface area contributed by atoms with Crippen LogP contribution in [0.15, 0.2) is 48.8 Å². The number of hydrogen-bond donors (Lipinski definition) is 1. The number of aryl methyl sites for hydroxylation is 1. The van der Waals surface area contributed by atoms with Crippen LogP contribution >= 0.6 is 11.6 Å². The van der Waals surface area contributed by atoms with Crippen LogP contribution in [0.3, 0.4) is 0 Å². The smallest absolute Gasteiger partial charge is 0.252 e. The van der Waals surface area contributed by atoms with Crippen LogP contribution in [0.1, 0.15) is 16.1 Å². The summed E-state index contributed by atoms with van der Waals surface area (Å²) in [7, 11) is 0. The van der Waals surface area contributed by atoms with Gasteiger partial charge in [0.1, 0.15) is 5.82 Å². The predicted octanol–water partition coefficient (Wildman–Crippen LogP) is 3.48. The van der Waals surface area contributed by atoms with Gasteiger partial charge in [-0.3, -0.25) is 14.5 Å². The standard InChI is InChI=1S/C18H16ClFN4O/c1-12-10-17(13-4-6-21-7-5-13)23-24(12)9-8-22-18(25)15-3-2-14(20)11-16(15)19/h2-7,10-11H,8-9H2,1H3,(H,22,25). The number of rotatable bonds is 5. The van der Waals surface area contributed by atoms with Gasteiger partial charge in [-0.25, -0.2) is 4.39 Å². The maximum atomic E-state index is 13.0. The van der Waals surface area contributed by atoms with Gasteiger partial charge in [0.15, 0.2) is 0 Å². The van der Waals surface area contributed by atoms with Gasteiger partial charge in [-0.15, -0.1) is 0 Å². The Labute approximate surface area is 149 Å². The molecule has 3 aromatic rings. The minimum absolute atomic E-state index is 0.0905. The fraction of sp³-hybridized carbons (Fsp3) is 0.167. The Morgan fingerprint density at radius 2 is 2.00 bits per heavy atom. The maximum absolute atomic E-state index is 13.0. The Bertz CT molecular complexity index is 895. The van der Waals surface area contributed by atoms with Crippen molar-refractivity contribution in [3.8, 4) is 11.3 Å². The van der Waals surface area contributed by atoms with Crippen molar-refractivity contribution in [1.82, 2.24) is 20.1 Å². The van der Waals surface area contributed by atoms with E-state index in [0.29, 0.717) is 13.1 Å². The number of carbonyl (C=O) groups excluding carboxylic acids is 1. The summed E-state index contributed by atoms with van der Waals surface area (Å²) in [6.45, 7) is 2.85. The highest BCUT2D eigenvalue weighted by Crippen LogP contribution is 2.18. The fourth-order valence-electron chi connectivity index (χ4n) is 2.44. The Morgan fingerprint density at radius 1 is 1.24 bits per heavy atom. The number of halogens is 2. The van der Waals surface area contributed by atoms with Gasteiger partial charge in [0.2, 0.25) is 0 Å². The normalized spacial score (nSPS) is 10.7. The van der Waals surface area contributed by atoms with Gasteiger partial charge >= 0.3 is 0 Å². The van der Waals surface area contributed by atoms with E-state index in [4.69, 9.17) is 11.6 Å². The molecule has 128 valence electrons. The Kier molecular flexibility index (Phi) is 5.09. The molecule has 1 amide bonds. The molecular formula is C18H16ClFN4O. The molecular weight excluding hydrogens is 343 g/mol. The van der Waals surface area contributed by atoms with E-state index in [1.54, 1.807) is 12.4 Å². The largest absolute Gasteiger partial charge is 0.350 e. The number of amides is 1. The highest BCUT2D eigenvalue weighted by Gasteiger charge is 2.11. The summed E-state index contributed by atoms with van der Waals surface area (Å²) in [5.74, 6) is -0.818. The molecule has 0 saturated heterocycles. The SMILES string of the molecule is Cc1cc(-c2ccncc2)nn1CCNC(=O)c1ccc(F)cc1Cl. The Hall–Kier alpha value is -2.73. The van der Waals surface area contributed by atoms with Gasteiger partial charge in [-0.2, -0.15) is 5.10 Å². The van der Waals surface area contributed by atoms with Crippen LogP contribution in [0.25, 0.3) is 11.3 Å². The molecule has 0 radical (unpaired) electrons. The maximum Gasteiger partial charge on any atom is 0.252 e. The minimum atomic E-state index is -0.475. The molecule has 25 heavy (non-hydrogen) atoms. The molecule has 0 unspecified atom stereocenters. The molecule has 0 bridgehead atoms. The first-order valence-corrected chi connectivity index (χ1v) is 8.10. The van der Waals surface area contributed by atoms with Crippen LogP contribution in [0.4, 0.5) is 4.39 Å². The van der Waals surface area contributed by atoms with E-state index < -0.39 is 5.82 Å². The third-order valence-electron chi connectivity index (χ3n) is 3.74. The number of nitrogens with one attached hydrogen (secondary N) is 1. The quantitative estimate of drug-likeness (QED) is 0.759. The van der Waals surface area contributed by atoms with E-state index >= 15 is 0 Å². The molecule has 0 saturated carbocycles. The Morgan fingerprint density at radius 3 is 2.72 bits per heavy atom. The first kappa shape index (κ1) is 17.1. The fourth-order valence-corrected chi connectivity index (χ4v) is 2.70. The lowest BCUT2D eigenvalue weighted by Crippen LogP contribution is -2.28. The van der Waals surface area contributed by atoms with E-state index in [1.807, 2.05) is 29.8 Å². The van der Waals surface area contributed by atoms with E-state index in [1.165, 1.54) is 12.1 Å². The van der Waals surface area contributed by atoms with Gasteiger partial charge in [-0.05, 0) is 43.3 Å². The van der Waals surface area contributed by atoms with Crippen molar-refractivity contribution in [3.63, 3.8) is 0 Å². The van der Waals surface area contributed by atoms with Crippen molar-refractivity contribution in [1.29, 1.82) is 0 Å². The molecule has 0 fully saturated rings. The zero-order chi connectivity index (χ0) is 17.8. The first-order valence-electron chi connectivity index (χ1n) is 7.72. The molecule has 1 N–H and O–H groups in total. The van der Waals surface area contributed by atoms with Crippen LogP contribution in [0.5, 0.6) is 0 Å². The lowest BCUT2D eigenvalue weighted by Gasteiger charge is -2.08. The molecule has 0 aliphatic carbocycles. The second-order valence-corrected chi connectivity index (χ2v) is 5.92. The monoisotopic (exact) mass is 358 g/mol.